The number of nitro groups is 1. The molecule has 0 aromatic heterocycles. The number of carbonyl (C=O) groups excluding carboxylic acids is 2. The van der Waals surface area contributed by atoms with E-state index in [0.29, 0.717) is 27.1 Å². The summed E-state index contributed by atoms with van der Waals surface area (Å²) >= 11 is 3.35. The lowest BCUT2D eigenvalue weighted by molar-refractivity contribution is -0.384. The summed E-state index contributed by atoms with van der Waals surface area (Å²) in [6, 6.07) is 16.8. The molecular weight excluding hydrogens is 522 g/mol. The molecule has 0 unspecified atom stereocenters. The Morgan fingerprint density at radius 2 is 1.71 bits per heavy atom. The molecule has 35 heavy (non-hydrogen) atoms. The second-order valence-corrected chi connectivity index (χ2v) is 7.96. The Labute approximate surface area is 208 Å². The number of methoxy groups -OCH3 is 1. The zero-order chi connectivity index (χ0) is 25.4. The smallest absolute Gasteiger partial charge is 0.343 e. The predicted octanol–water partition coefficient (Wildman–Crippen LogP) is 4.50. The van der Waals surface area contributed by atoms with Crippen molar-refractivity contribution in [2.45, 2.75) is 13.0 Å². The van der Waals surface area contributed by atoms with E-state index >= 15 is 0 Å². The van der Waals surface area contributed by atoms with Crippen molar-refractivity contribution >= 4 is 39.7 Å². The number of esters is 1. The van der Waals surface area contributed by atoms with E-state index in [-0.39, 0.29) is 11.4 Å². The van der Waals surface area contributed by atoms with Crippen LogP contribution >= 0.6 is 15.9 Å². The Hall–Kier alpha value is -4.25. The second-order valence-electron chi connectivity index (χ2n) is 7.05. The van der Waals surface area contributed by atoms with Crippen molar-refractivity contribution in [3.05, 3.63) is 92.4 Å². The van der Waals surface area contributed by atoms with Crippen LogP contribution in [0, 0.1) is 10.1 Å². The zero-order valence-corrected chi connectivity index (χ0v) is 20.2. The van der Waals surface area contributed by atoms with Gasteiger partial charge in [0.2, 0.25) is 0 Å². The maximum absolute atomic E-state index is 12.5. The van der Waals surface area contributed by atoms with Gasteiger partial charge in [0.1, 0.15) is 17.2 Å². The summed E-state index contributed by atoms with van der Waals surface area (Å²) in [5, 5.41) is 14.7. The number of amides is 1. The van der Waals surface area contributed by atoms with Gasteiger partial charge in [0, 0.05) is 22.2 Å². The monoisotopic (exact) mass is 541 g/mol. The van der Waals surface area contributed by atoms with Crippen molar-refractivity contribution in [2.24, 2.45) is 5.10 Å². The van der Waals surface area contributed by atoms with E-state index in [2.05, 4.69) is 26.5 Å². The molecule has 3 aromatic carbocycles. The number of carbonyl (C=O) groups is 2. The van der Waals surface area contributed by atoms with Crippen molar-refractivity contribution in [3.8, 4) is 17.2 Å². The Balaban J connectivity index is 1.63. The number of benzene rings is 3. The summed E-state index contributed by atoms with van der Waals surface area (Å²) in [4.78, 5) is 35.0. The number of nitrogens with one attached hydrogen (secondary N) is 1. The average Bonchev–Trinajstić information content (AvgIpc) is 2.85. The van der Waals surface area contributed by atoms with E-state index in [4.69, 9.17) is 14.2 Å². The molecule has 0 radical (unpaired) electrons. The fourth-order valence-corrected chi connectivity index (χ4v) is 3.14. The van der Waals surface area contributed by atoms with Crippen LogP contribution in [0.1, 0.15) is 22.8 Å². The summed E-state index contributed by atoms with van der Waals surface area (Å²) in [6.07, 6.45) is 0.404. The molecule has 11 heteroatoms. The van der Waals surface area contributed by atoms with Crippen molar-refractivity contribution in [2.75, 3.05) is 7.11 Å². The maximum atomic E-state index is 12.5. The van der Waals surface area contributed by atoms with E-state index in [1.54, 1.807) is 42.5 Å². The van der Waals surface area contributed by atoms with Gasteiger partial charge < -0.3 is 14.2 Å². The highest BCUT2D eigenvalue weighted by molar-refractivity contribution is 9.10. The van der Waals surface area contributed by atoms with Crippen molar-refractivity contribution in [3.63, 3.8) is 0 Å². The lowest BCUT2D eigenvalue weighted by Crippen LogP contribution is -2.33. The zero-order valence-electron chi connectivity index (χ0n) is 18.6. The SMILES string of the molecule is COc1ccc(C(=O)Oc2ccc(Br)cc2/C=N\NC(=O)[C@@H](C)Oc2ccc([N+](=O)[O-])cc2)cc1. The topological polar surface area (TPSA) is 129 Å². The molecule has 0 spiro atoms. The lowest BCUT2D eigenvalue weighted by Gasteiger charge is -2.12. The Morgan fingerprint density at radius 1 is 1.06 bits per heavy atom. The van der Waals surface area contributed by atoms with E-state index in [1.165, 1.54) is 44.5 Å². The molecule has 0 heterocycles. The fraction of sp³-hybridized carbons (Fsp3) is 0.125. The van der Waals surface area contributed by atoms with Crippen LogP contribution in [0.4, 0.5) is 5.69 Å². The fourth-order valence-electron chi connectivity index (χ4n) is 2.76. The first-order valence-corrected chi connectivity index (χ1v) is 11.0. The predicted molar refractivity (Wildman–Crippen MR) is 131 cm³/mol. The normalized spacial score (nSPS) is 11.5. The third-order valence-corrected chi connectivity index (χ3v) is 5.10. The molecular formula is C24H20BrN3O7. The summed E-state index contributed by atoms with van der Waals surface area (Å²) < 4.78 is 16.8. The second kappa shape index (κ2) is 11.7. The number of nitro benzene ring substituents is 1. The maximum Gasteiger partial charge on any atom is 0.343 e. The molecule has 3 aromatic rings. The van der Waals surface area contributed by atoms with Crippen molar-refractivity contribution in [1.29, 1.82) is 0 Å². The number of hydrazone groups is 1. The molecule has 180 valence electrons. The van der Waals surface area contributed by atoms with Crippen LogP contribution in [-0.4, -0.2) is 36.2 Å². The highest BCUT2D eigenvalue weighted by Crippen LogP contribution is 2.23. The van der Waals surface area contributed by atoms with E-state index in [1.807, 2.05) is 0 Å². The third kappa shape index (κ3) is 7.11. The Bertz CT molecular complexity index is 1240. The molecule has 1 N–H and O–H groups in total. The van der Waals surface area contributed by atoms with Gasteiger partial charge in [-0.1, -0.05) is 15.9 Å². The van der Waals surface area contributed by atoms with Crippen molar-refractivity contribution in [1.82, 2.24) is 5.43 Å². The first-order valence-electron chi connectivity index (χ1n) is 10.2. The molecule has 0 aliphatic carbocycles. The minimum Gasteiger partial charge on any atom is -0.497 e. The number of halogens is 1. The van der Waals surface area contributed by atoms with Gasteiger partial charge in [-0.15, -0.1) is 0 Å². The molecule has 0 saturated heterocycles. The summed E-state index contributed by atoms with van der Waals surface area (Å²) in [6.45, 7) is 1.51. The van der Waals surface area contributed by atoms with E-state index < -0.39 is 22.9 Å². The van der Waals surface area contributed by atoms with Gasteiger partial charge in [-0.25, -0.2) is 10.2 Å². The van der Waals surface area contributed by atoms with Crippen LogP contribution in [-0.2, 0) is 4.79 Å². The third-order valence-electron chi connectivity index (χ3n) is 4.61. The number of hydrogen-bond donors (Lipinski definition) is 1. The van der Waals surface area contributed by atoms with E-state index in [0.717, 1.165) is 0 Å². The molecule has 0 saturated carbocycles. The van der Waals surface area contributed by atoms with Gasteiger partial charge in [-0.2, -0.15) is 5.10 Å². The molecule has 0 aliphatic rings. The number of nitrogens with zero attached hydrogens (tertiary/aromatic N) is 2. The molecule has 0 bridgehead atoms. The van der Waals surface area contributed by atoms with Crippen LogP contribution in [0.15, 0.2) is 76.3 Å². The van der Waals surface area contributed by atoms with Gasteiger partial charge in [-0.05, 0) is 61.5 Å². The van der Waals surface area contributed by atoms with Crippen LogP contribution in [0.5, 0.6) is 17.2 Å². The van der Waals surface area contributed by atoms with Crippen LogP contribution in [0.2, 0.25) is 0 Å². The summed E-state index contributed by atoms with van der Waals surface area (Å²) in [5.41, 5.74) is 3.04. The van der Waals surface area contributed by atoms with Gasteiger partial charge in [0.15, 0.2) is 6.10 Å². The van der Waals surface area contributed by atoms with Gasteiger partial charge in [0.25, 0.3) is 11.6 Å². The number of non-ortho nitro benzene ring substituents is 1. The number of hydrogen-bond acceptors (Lipinski definition) is 8. The van der Waals surface area contributed by atoms with Crippen LogP contribution in [0.25, 0.3) is 0 Å². The molecule has 1 atom stereocenters. The molecule has 3 rings (SSSR count). The first-order chi connectivity index (χ1) is 16.8. The number of ether oxygens (including phenoxy) is 3. The Kier molecular flexibility index (Phi) is 8.52. The molecule has 1 amide bonds. The van der Waals surface area contributed by atoms with Gasteiger partial charge in [-0.3, -0.25) is 14.9 Å². The lowest BCUT2D eigenvalue weighted by atomic mass is 10.2. The van der Waals surface area contributed by atoms with E-state index in [9.17, 15) is 19.7 Å². The van der Waals surface area contributed by atoms with Crippen LogP contribution < -0.4 is 19.6 Å². The minimum atomic E-state index is -0.927. The van der Waals surface area contributed by atoms with Crippen LogP contribution in [0.3, 0.4) is 0 Å². The van der Waals surface area contributed by atoms with Crippen molar-refractivity contribution < 1.29 is 28.7 Å². The Morgan fingerprint density at radius 3 is 2.34 bits per heavy atom. The largest absolute Gasteiger partial charge is 0.497 e. The quantitative estimate of drug-likeness (QED) is 0.139. The van der Waals surface area contributed by atoms with Gasteiger partial charge >= 0.3 is 5.97 Å². The highest BCUT2D eigenvalue weighted by Gasteiger charge is 2.16. The van der Waals surface area contributed by atoms with Gasteiger partial charge in [0.05, 0.1) is 23.8 Å². The standard InChI is InChI=1S/C24H20BrN3O7/c1-15(34-21-10-6-19(7-11-21)28(31)32)23(29)27-26-14-17-13-18(25)5-12-22(17)35-24(30)16-3-8-20(33-2)9-4-16/h3-15H,1-2H3,(H,27,29)/b26-14-/t15-/m1/s1. The average molecular weight is 542 g/mol. The summed E-state index contributed by atoms with van der Waals surface area (Å²) in [5.74, 6) is 0.0230. The molecule has 0 fully saturated rings. The number of rotatable bonds is 9. The highest BCUT2D eigenvalue weighted by atomic mass is 79.9. The first kappa shape index (κ1) is 25.4. The molecule has 10 nitrogen and oxygen atoms in total. The minimum absolute atomic E-state index is 0.0865. The molecule has 0 aliphatic heterocycles. The summed E-state index contributed by atoms with van der Waals surface area (Å²) in [7, 11) is 1.53.